The zero-order chi connectivity index (χ0) is 13.5. The molecule has 1 aliphatic heterocycles. The number of morpholine rings is 1. The summed E-state index contributed by atoms with van der Waals surface area (Å²) in [5, 5.41) is 2.93. The lowest BCUT2D eigenvalue weighted by atomic mass is 10.4. The predicted octanol–water partition coefficient (Wildman–Crippen LogP) is 0.242. The molecule has 1 aromatic heterocycles. The van der Waals surface area contributed by atoms with Crippen LogP contribution in [0, 0.1) is 0 Å². The van der Waals surface area contributed by atoms with Crippen molar-refractivity contribution in [2.75, 3.05) is 32.8 Å². The monoisotopic (exact) mass is 266 g/mol. The zero-order valence-corrected chi connectivity index (χ0v) is 11.5. The summed E-state index contributed by atoms with van der Waals surface area (Å²) in [5.74, 6) is 0.963. The fourth-order valence-corrected chi connectivity index (χ4v) is 2.15. The Balaban J connectivity index is 1.74. The van der Waals surface area contributed by atoms with Gasteiger partial charge in [-0.05, 0) is 6.42 Å². The van der Waals surface area contributed by atoms with Crippen molar-refractivity contribution in [3.63, 3.8) is 0 Å². The first-order valence-electron chi connectivity index (χ1n) is 6.86. The molecule has 106 valence electrons. The highest BCUT2D eigenvalue weighted by Gasteiger charge is 2.14. The normalized spacial score (nSPS) is 16.5. The van der Waals surface area contributed by atoms with E-state index in [1.54, 1.807) is 6.20 Å². The number of nitrogens with zero attached hydrogens (tertiary/aromatic N) is 3. The Hall–Kier alpha value is -1.40. The maximum atomic E-state index is 11.8. The Morgan fingerprint density at radius 3 is 3.00 bits per heavy atom. The molecular formula is C13H22N4O2. The number of ether oxygens (including phenoxy) is 1. The highest BCUT2D eigenvalue weighted by atomic mass is 16.5. The number of carbonyl (C=O) groups is 1. The molecule has 0 unspecified atom stereocenters. The van der Waals surface area contributed by atoms with Gasteiger partial charge in [0.1, 0.15) is 5.82 Å². The minimum atomic E-state index is 0.0490. The van der Waals surface area contributed by atoms with E-state index in [1.165, 1.54) is 0 Å². The Kier molecular flexibility index (Phi) is 5.35. The number of nitrogens with one attached hydrogen (secondary N) is 1. The van der Waals surface area contributed by atoms with Crippen LogP contribution in [0.4, 0.5) is 0 Å². The highest BCUT2D eigenvalue weighted by Crippen LogP contribution is 2.00. The molecule has 0 aliphatic carbocycles. The van der Waals surface area contributed by atoms with E-state index in [0.29, 0.717) is 26.3 Å². The van der Waals surface area contributed by atoms with Crippen LogP contribution in [0.15, 0.2) is 12.4 Å². The Bertz CT molecular complexity index is 399. The number of hydrogen-bond acceptors (Lipinski definition) is 4. The maximum absolute atomic E-state index is 11.8. The lowest BCUT2D eigenvalue weighted by Crippen LogP contribution is -2.43. The van der Waals surface area contributed by atoms with Gasteiger partial charge in [-0.2, -0.15) is 0 Å². The molecular weight excluding hydrogens is 244 g/mol. The standard InChI is InChI=1S/C13H22N4O2/c1-2-4-17-5-3-14-12(17)10-15-13(18)11-16-6-8-19-9-7-16/h3,5H,2,4,6-11H2,1H3,(H,15,18). The van der Waals surface area contributed by atoms with Crippen LogP contribution in [-0.4, -0.2) is 53.2 Å². The zero-order valence-electron chi connectivity index (χ0n) is 11.5. The minimum absolute atomic E-state index is 0.0490. The second-order valence-corrected chi connectivity index (χ2v) is 4.70. The first-order valence-corrected chi connectivity index (χ1v) is 6.86. The molecule has 6 nitrogen and oxygen atoms in total. The van der Waals surface area contributed by atoms with E-state index in [0.717, 1.165) is 31.9 Å². The van der Waals surface area contributed by atoms with Crippen molar-refractivity contribution in [2.45, 2.75) is 26.4 Å². The summed E-state index contributed by atoms with van der Waals surface area (Å²) in [5.41, 5.74) is 0. The van der Waals surface area contributed by atoms with Crippen LogP contribution in [0.2, 0.25) is 0 Å². The third kappa shape index (κ3) is 4.33. The van der Waals surface area contributed by atoms with Crippen LogP contribution in [-0.2, 0) is 22.6 Å². The van der Waals surface area contributed by atoms with Gasteiger partial charge in [-0.15, -0.1) is 0 Å². The van der Waals surface area contributed by atoms with Crippen molar-refractivity contribution < 1.29 is 9.53 Å². The number of aryl methyl sites for hydroxylation is 1. The van der Waals surface area contributed by atoms with Gasteiger partial charge in [-0.3, -0.25) is 9.69 Å². The summed E-state index contributed by atoms with van der Waals surface area (Å²) in [6.07, 6.45) is 4.79. The fourth-order valence-electron chi connectivity index (χ4n) is 2.15. The first-order chi connectivity index (χ1) is 9.29. The number of imidazole rings is 1. The quantitative estimate of drug-likeness (QED) is 0.801. The van der Waals surface area contributed by atoms with E-state index in [9.17, 15) is 4.79 Å². The number of amides is 1. The smallest absolute Gasteiger partial charge is 0.234 e. The fraction of sp³-hybridized carbons (Fsp3) is 0.692. The Labute approximate surface area is 113 Å². The van der Waals surface area contributed by atoms with Crippen LogP contribution in [0.3, 0.4) is 0 Å². The van der Waals surface area contributed by atoms with E-state index in [4.69, 9.17) is 4.74 Å². The van der Waals surface area contributed by atoms with Gasteiger partial charge in [0, 0.05) is 32.0 Å². The van der Waals surface area contributed by atoms with Crippen molar-refractivity contribution in [3.8, 4) is 0 Å². The highest BCUT2D eigenvalue weighted by molar-refractivity contribution is 5.77. The van der Waals surface area contributed by atoms with Crippen molar-refractivity contribution in [1.29, 1.82) is 0 Å². The summed E-state index contributed by atoms with van der Waals surface area (Å²) < 4.78 is 7.33. The number of rotatable bonds is 6. The number of carbonyl (C=O) groups excluding carboxylic acids is 1. The molecule has 2 heterocycles. The van der Waals surface area contributed by atoms with Gasteiger partial charge in [0.25, 0.3) is 0 Å². The molecule has 2 rings (SSSR count). The molecule has 0 radical (unpaired) electrons. The molecule has 1 aliphatic rings. The second-order valence-electron chi connectivity index (χ2n) is 4.70. The molecule has 0 aromatic carbocycles. The molecule has 0 saturated carbocycles. The molecule has 0 bridgehead atoms. The van der Waals surface area contributed by atoms with Crippen LogP contribution in [0.1, 0.15) is 19.2 Å². The van der Waals surface area contributed by atoms with E-state index in [-0.39, 0.29) is 5.91 Å². The third-order valence-electron chi connectivity index (χ3n) is 3.18. The van der Waals surface area contributed by atoms with Crippen molar-refractivity contribution >= 4 is 5.91 Å². The predicted molar refractivity (Wildman–Crippen MR) is 71.6 cm³/mol. The SMILES string of the molecule is CCCn1ccnc1CNC(=O)CN1CCOCC1. The largest absolute Gasteiger partial charge is 0.379 e. The van der Waals surface area contributed by atoms with Gasteiger partial charge >= 0.3 is 0 Å². The van der Waals surface area contributed by atoms with E-state index in [2.05, 4.69) is 26.7 Å². The van der Waals surface area contributed by atoms with Crippen LogP contribution >= 0.6 is 0 Å². The molecule has 1 N–H and O–H groups in total. The second kappa shape index (κ2) is 7.25. The van der Waals surface area contributed by atoms with E-state index in [1.807, 2.05) is 6.20 Å². The Morgan fingerprint density at radius 1 is 1.47 bits per heavy atom. The van der Waals surface area contributed by atoms with Crippen LogP contribution in [0.5, 0.6) is 0 Å². The number of hydrogen-bond donors (Lipinski definition) is 1. The van der Waals surface area contributed by atoms with Gasteiger partial charge < -0.3 is 14.6 Å². The molecule has 1 fully saturated rings. The lowest BCUT2D eigenvalue weighted by Gasteiger charge is -2.25. The third-order valence-corrected chi connectivity index (χ3v) is 3.18. The summed E-state index contributed by atoms with van der Waals surface area (Å²) in [6.45, 7) is 7.10. The summed E-state index contributed by atoms with van der Waals surface area (Å²) >= 11 is 0. The summed E-state index contributed by atoms with van der Waals surface area (Å²) in [4.78, 5) is 18.2. The van der Waals surface area contributed by atoms with Gasteiger partial charge in [0.2, 0.25) is 5.91 Å². The molecule has 1 saturated heterocycles. The van der Waals surface area contributed by atoms with Crippen LogP contribution in [0.25, 0.3) is 0 Å². The van der Waals surface area contributed by atoms with Crippen molar-refractivity contribution in [3.05, 3.63) is 18.2 Å². The average molecular weight is 266 g/mol. The van der Waals surface area contributed by atoms with Gasteiger partial charge in [0.15, 0.2) is 0 Å². The topological polar surface area (TPSA) is 59.4 Å². The van der Waals surface area contributed by atoms with E-state index < -0.39 is 0 Å². The molecule has 6 heteroatoms. The molecule has 0 spiro atoms. The molecule has 0 atom stereocenters. The molecule has 19 heavy (non-hydrogen) atoms. The molecule has 1 amide bonds. The first kappa shape index (κ1) is 14.0. The summed E-state index contributed by atoms with van der Waals surface area (Å²) in [6, 6.07) is 0. The average Bonchev–Trinajstić information content (AvgIpc) is 2.85. The van der Waals surface area contributed by atoms with Gasteiger partial charge in [-0.1, -0.05) is 6.92 Å². The van der Waals surface area contributed by atoms with Crippen molar-refractivity contribution in [1.82, 2.24) is 19.8 Å². The van der Waals surface area contributed by atoms with Crippen molar-refractivity contribution in [2.24, 2.45) is 0 Å². The lowest BCUT2D eigenvalue weighted by molar-refractivity contribution is -0.123. The van der Waals surface area contributed by atoms with E-state index >= 15 is 0 Å². The van der Waals surface area contributed by atoms with Crippen LogP contribution < -0.4 is 5.32 Å². The minimum Gasteiger partial charge on any atom is -0.379 e. The number of aromatic nitrogens is 2. The summed E-state index contributed by atoms with van der Waals surface area (Å²) in [7, 11) is 0. The maximum Gasteiger partial charge on any atom is 0.234 e. The Morgan fingerprint density at radius 2 is 2.26 bits per heavy atom. The van der Waals surface area contributed by atoms with Gasteiger partial charge in [-0.25, -0.2) is 4.98 Å². The molecule has 1 aromatic rings. The van der Waals surface area contributed by atoms with Gasteiger partial charge in [0.05, 0.1) is 26.3 Å².